The molecule has 0 amide bonds. The van der Waals surface area contributed by atoms with Gasteiger partial charge in [-0.1, -0.05) is 13.8 Å². The minimum Gasteiger partial charge on any atom is -0.430 e. The van der Waals surface area contributed by atoms with Gasteiger partial charge >= 0.3 is 5.97 Å². The first kappa shape index (κ1) is 15.1. The van der Waals surface area contributed by atoms with Crippen LogP contribution in [0.4, 0.5) is 0 Å². The van der Waals surface area contributed by atoms with Crippen molar-refractivity contribution >= 4 is 5.97 Å². The topological polar surface area (TPSA) is 97.7 Å². The van der Waals surface area contributed by atoms with E-state index in [1.807, 2.05) is 13.8 Å². The lowest BCUT2D eigenvalue weighted by molar-refractivity contribution is -0.165. The van der Waals surface area contributed by atoms with Crippen molar-refractivity contribution in [3.8, 4) is 18.2 Å². The molecule has 21 heavy (non-hydrogen) atoms. The zero-order valence-corrected chi connectivity index (χ0v) is 12.3. The van der Waals surface area contributed by atoms with Crippen molar-refractivity contribution < 1.29 is 9.53 Å². The first-order valence-corrected chi connectivity index (χ1v) is 7.19. The van der Waals surface area contributed by atoms with Gasteiger partial charge in [0.05, 0.1) is 23.6 Å². The van der Waals surface area contributed by atoms with Crippen LogP contribution in [0.25, 0.3) is 0 Å². The highest BCUT2D eigenvalue weighted by molar-refractivity contribution is 5.85. The molecule has 108 valence electrons. The summed E-state index contributed by atoms with van der Waals surface area (Å²) < 4.78 is 5.29. The Labute approximate surface area is 124 Å². The predicted octanol–water partition coefficient (Wildman–Crippen LogP) is 2.96. The van der Waals surface area contributed by atoms with Gasteiger partial charge in [-0.3, -0.25) is 0 Å². The Morgan fingerprint density at radius 1 is 1.19 bits per heavy atom. The number of esters is 1. The van der Waals surface area contributed by atoms with Gasteiger partial charge in [0.1, 0.15) is 5.76 Å². The van der Waals surface area contributed by atoms with E-state index in [0.29, 0.717) is 37.9 Å². The predicted molar refractivity (Wildman–Crippen MR) is 72.7 cm³/mol. The van der Waals surface area contributed by atoms with Crippen molar-refractivity contribution in [1.82, 2.24) is 0 Å². The number of hydrogen-bond acceptors (Lipinski definition) is 5. The first-order chi connectivity index (χ1) is 10.0. The molecule has 0 aromatic rings. The number of fused-ring (bicyclic) bond motifs is 1. The summed E-state index contributed by atoms with van der Waals surface area (Å²) in [6.07, 6.45) is 3.76. The van der Waals surface area contributed by atoms with E-state index in [1.165, 1.54) is 0 Å². The zero-order valence-electron chi connectivity index (χ0n) is 12.3. The van der Waals surface area contributed by atoms with Crippen LogP contribution in [0.3, 0.4) is 0 Å². The third kappa shape index (κ3) is 1.57. The largest absolute Gasteiger partial charge is 0.430 e. The van der Waals surface area contributed by atoms with E-state index in [1.54, 1.807) is 6.08 Å². The summed E-state index contributed by atoms with van der Waals surface area (Å²) in [5, 5.41) is 29.1. The number of ether oxygens (including phenoxy) is 1. The van der Waals surface area contributed by atoms with Crippen LogP contribution in [-0.2, 0) is 9.53 Å². The van der Waals surface area contributed by atoms with Crippen molar-refractivity contribution in [2.24, 2.45) is 16.2 Å². The number of hydrogen-bond donors (Lipinski definition) is 0. The second kappa shape index (κ2) is 4.90. The Bertz CT molecular complexity index is 617. The van der Waals surface area contributed by atoms with Crippen molar-refractivity contribution in [3.05, 3.63) is 11.8 Å². The van der Waals surface area contributed by atoms with Crippen molar-refractivity contribution in [3.63, 3.8) is 0 Å². The molecule has 5 heteroatoms. The number of cyclic esters (lactones) is 1. The summed E-state index contributed by atoms with van der Waals surface area (Å²) >= 11 is 0. The maximum absolute atomic E-state index is 12.5. The molecule has 5 nitrogen and oxygen atoms in total. The van der Waals surface area contributed by atoms with Gasteiger partial charge in [-0.05, 0) is 31.8 Å². The number of allylic oxidation sites excluding steroid dienone is 2. The number of carbonyl (C=O) groups excluding carboxylic acids is 1. The Kier molecular flexibility index (Phi) is 3.52. The van der Waals surface area contributed by atoms with Gasteiger partial charge in [-0.15, -0.1) is 0 Å². The van der Waals surface area contributed by atoms with Crippen LogP contribution in [0.2, 0.25) is 0 Å². The number of rotatable bonds is 2. The normalized spacial score (nSPS) is 33.5. The average molecular weight is 283 g/mol. The molecule has 0 saturated heterocycles. The van der Waals surface area contributed by atoms with E-state index in [-0.39, 0.29) is 0 Å². The minimum absolute atomic E-state index is 0.328. The third-order valence-corrected chi connectivity index (χ3v) is 5.09. The van der Waals surface area contributed by atoms with Gasteiger partial charge in [0, 0.05) is 6.42 Å². The molecular formula is C16H17N3O2. The Balaban J connectivity index is 2.85. The highest BCUT2D eigenvalue weighted by Crippen LogP contribution is 2.64. The smallest absolute Gasteiger partial charge is 0.332 e. The Hall–Kier alpha value is -2.32. The van der Waals surface area contributed by atoms with E-state index in [4.69, 9.17) is 4.74 Å². The van der Waals surface area contributed by atoms with Crippen LogP contribution in [0.1, 0.15) is 46.0 Å². The Morgan fingerprint density at radius 3 is 2.33 bits per heavy atom. The standard InChI is InChI=1S/C16H17N3O2/c1-3-12-8-16(4-2)14(9-17,10-18)6-5-7-15(16,11-19)13(20)21-12/h8H,3-7H2,1-2H3/t15-,16+/m0/s1. The lowest BCUT2D eigenvalue weighted by atomic mass is 9.44. The molecule has 0 unspecified atom stereocenters. The molecule has 1 aliphatic heterocycles. The maximum atomic E-state index is 12.5. The SMILES string of the molecule is CCC1=C[C@]2(CC)C(C#N)(C#N)CCC[C@]2(C#N)C(=O)O1. The van der Waals surface area contributed by atoms with Gasteiger partial charge < -0.3 is 4.74 Å². The van der Waals surface area contributed by atoms with Crippen LogP contribution in [-0.4, -0.2) is 5.97 Å². The summed E-state index contributed by atoms with van der Waals surface area (Å²) in [5.74, 6) is -0.162. The van der Waals surface area contributed by atoms with Gasteiger partial charge in [0.15, 0.2) is 10.8 Å². The van der Waals surface area contributed by atoms with Crippen molar-refractivity contribution in [1.29, 1.82) is 15.8 Å². The molecule has 1 heterocycles. The van der Waals surface area contributed by atoms with Gasteiger partial charge in [0.25, 0.3) is 0 Å². The van der Waals surface area contributed by atoms with Crippen LogP contribution in [0.5, 0.6) is 0 Å². The molecule has 0 bridgehead atoms. The molecule has 0 aromatic carbocycles. The molecule has 0 N–H and O–H groups in total. The maximum Gasteiger partial charge on any atom is 0.332 e. The van der Waals surface area contributed by atoms with Crippen molar-refractivity contribution in [2.45, 2.75) is 46.0 Å². The quantitative estimate of drug-likeness (QED) is 0.725. The van der Waals surface area contributed by atoms with Crippen LogP contribution >= 0.6 is 0 Å². The monoisotopic (exact) mass is 283 g/mol. The number of nitrogens with zero attached hydrogens (tertiary/aromatic N) is 3. The lowest BCUT2D eigenvalue weighted by Crippen LogP contribution is -2.59. The van der Waals surface area contributed by atoms with E-state index in [2.05, 4.69) is 18.2 Å². The molecule has 1 saturated carbocycles. The van der Waals surface area contributed by atoms with Gasteiger partial charge in [0.2, 0.25) is 0 Å². The highest BCUT2D eigenvalue weighted by atomic mass is 16.5. The van der Waals surface area contributed by atoms with E-state index < -0.39 is 22.2 Å². The van der Waals surface area contributed by atoms with E-state index >= 15 is 0 Å². The van der Waals surface area contributed by atoms with Crippen LogP contribution in [0, 0.1) is 50.2 Å². The average Bonchev–Trinajstić information content (AvgIpc) is 2.53. The van der Waals surface area contributed by atoms with Gasteiger partial charge in [-0.25, -0.2) is 4.79 Å². The molecule has 0 spiro atoms. The molecular weight excluding hydrogens is 266 g/mol. The molecule has 0 radical (unpaired) electrons. The minimum atomic E-state index is -1.44. The van der Waals surface area contributed by atoms with E-state index in [0.717, 1.165) is 0 Å². The fourth-order valence-electron chi connectivity index (χ4n) is 3.89. The lowest BCUT2D eigenvalue weighted by Gasteiger charge is -2.54. The molecule has 2 atom stereocenters. The van der Waals surface area contributed by atoms with Crippen molar-refractivity contribution in [2.75, 3.05) is 0 Å². The van der Waals surface area contributed by atoms with Crippen LogP contribution in [0.15, 0.2) is 11.8 Å². The number of carbonyl (C=O) groups is 1. The molecule has 1 fully saturated rings. The first-order valence-electron chi connectivity index (χ1n) is 7.19. The molecule has 2 rings (SSSR count). The summed E-state index contributed by atoms with van der Waals surface area (Å²) in [5.41, 5.74) is -3.91. The number of nitriles is 3. The summed E-state index contributed by atoms with van der Waals surface area (Å²) in [6, 6.07) is 6.34. The fourth-order valence-corrected chi connectivity index (χ4v) is 3.89. The molecule has 2 aliphatic rings. The van der Waals surface area contributed by atoms with Crippen LogP contribution < -0.4 is 0 Å². The van der Waals surface area contributed by atoms with E-state index in [9.17, 15) is 20.6 Å². The molecule has 1 aliphatic carbocycles. The van der Waals surface area contributed by atoms with Gasteiger partial charge in [-0.2, -0.15) is 15.8 Å². The summed E-state index contributed by atoms with van der Waals surface area (Å²) in [7, 11) is 0. The highest BCUT2D eigenvalue weighted by Gasteiger charge is 2.70. The third-order valence-electron chi connectivity index (χ3n) is 5.09. The Morgan fingerprint density at radius 2 is 1.86 bits per heavy atom. The second-order valence-electron chi connectivity index (χ2n) is 5.68. The summed E-state index contributed by atoms with van der Waals surface area (Å²) in [4.78, 5) is 12.5. The zero-order chi connectivity index (χ0) is 15.7. The fraction of sp³-hybridized carbons (Fsp3) is 0.625. The second-order valence-corrected chi connectivity index (χ2v) is 5.68. The molecule has 0 aromatic heterocycles. The summed E-state index contributed by atoms with van der Waals surface area (Å²) in [6.45, 7) is 3.66.